The molecule has 0 fully saturated rings. The predicted molar refractivity (Wildman–Crippen MR) is 80.5 cm³/mol. The van der Waals surface area contributed by atoms with Gasteiger partial charge in [0.1, 0.15) is 0 Å². The van der Waals surface area contributed by atoms with Crippen LogP contribution in [0.15, 0.2) is 29.2 Å². The molecule has 1 amide bonds. The smallest absolute Gasteiger partial charge is 0.228 e. The Morgan fingerprint density at radius 1 is 1.50 bits per heavy atom. The number of rotatable bonds is 4. The van der Waals surface area contributed by atoms with Crippen LogP contribution in [0.5, 0.6) is 0 Å². The van der Waals surface area contributed by atoms with Crippen molar-refractivity contribution < 1.29 is 4.79 Å². The van der Waals surface area contributed by atoms with Gasteiger partial charge in [-0.3, -0.25) is 4.79 Å². The number of nitrogens with one attached hydrogen (secondary N) is 1. The molecule has 4 heteroatoms. The monoisotopic (exact) mass is 327 g/mol. The third kappa shape index (κ3) is 3.29. The summed E-state index contributed by atoms with van der Waals surface area (Å²) in [4.78, 5) is 13.9. The summed E-state index contributed by atoms with van der Waals surface area (Å²) in [6, 6.07) is 8.41. The van der Waals surface area contributed by atoms with E-state index in [1.807, 2.05) is 12.1 Å². The molecule has 2 nitrogen and oxygen atoms in total. The van der Waals surface area contributed by atoms with Crippen molar-refractivity contribution in [2.45, 2.75) is 42.0 Å². The fourth-order valence-electron chi connectivity index (χ4n) is 2.27. The molecule has 0 spiro atoms. The van der Waals surface area contributed by atoms with Crippen LogP contribution in [-0.4, -0.2) is 22.5 Å². The molecule has 1 N–H and O–H groups in total. The quantitative estimate of drug-likeness (QED) is 0.857. The Labute approximate surface area is 121 Å². The van der Waals surface area contributed by atoms with Crippen LogP contribution < -0.4 is 5.32 Å². The maximum Gasteiger partial charge on any atom is 0.228 e. The molecule has 3 unspecified atom stereocenters. The Kier molecular flexibility index (Phi) is 4.73. The lowest BCUT2D eigenvalue weighted by Crippen LogP contribution is -2.37. The van der Waals surface area contributed by atoms with Crippen molar-refractivity contribution in [3.05, 3.63) is 29.8 Å². The standard InChI is InChI=1S/C14H18BrNOS/c1-9(15)7-10(2)16-14(17)12-8-18-13-6-4-3-5-11(12)13/h3-6,9-10,12H,7-8H2,1-2H3,(H,16,17). The number of benzene rings is 1. The third-order valence-electron chi connectivity index (χ3n) is 3.08. The average molecular weight is 328 g/mol. The SMILES string of the molecule is CC(Br)CC(C)NC(=O)C1CSc2ccccc21. The summed E-state index contributed by atoms with van der Waals surface area (Å²) in [6.07, 6.45) is 0.952. The molecule has 0 bridgehead atoms. The van der Waals surface area contributed by atoms with Gasteiger partial charge in [-0.05, 0) is 25.0 Å². The van der Waals surface area contributed by atoms with Crippen molar-refractivity contribution in [3.63, 3.8) is 0 Å². The highest BCUT2D eigenvalue weighted by atomic mass is 79.9. The second kappa shape index (κ2) is 6.11. The molecule has 1 aromatic carbocycles. The number of carbonyl (C=O) groups is 1. The van der Waals surface area contributed by atoms with Crippen molar-refractivity contribution in [1.82, 2.24) is 5.32 Å². The summed E-state index contributed by atoms with van der Waals surface area (Å²) >= 11 is 5.29. The summed E-state index contributed by atoms with van der Waals surface area (Å²) in [7, 11) is 0. The van der Waals surface area contributed by atoms with E-state index in [1.54, 1.807) is 11.8 Å². The molecule has 2 rings (SSSR count). The number of hydrogen-bond donors (Lipinski definition) is 1. The molecule has 1 aromatic rings. The maximum atomic E-state index is 12.3. The molecule has 1 aliphatic rings. The topological polar surface area (TPSA) is 29.1 Å². The second-order valence-corrected chi connectivity index (χ2v) is 7.45. The van der Waals surface area contributed by atoms with Gasteiger partial charge in [0.15, 0.2) is 0 Å². The highest BCUT2D eigenvalue weighted by molar-refractivity contribution is 9.09. The predicted octanol–water partition coefficient (Wildman–Crippen LogP) is 3.55. The van der Waals surface area contributed by atoms with E-state index < -0.39 is 0 Å². The summed E-state index contributed by atoms with van der Waals surface area (Å²) in [5.41, 5.74) is 1.18. The van der Waals surface area contributed by atoms with Crippen molar-refractivity contribution in [1.29, 1.82) is 0 Å². The first-order valence-electron chi connectivity index (χ1n) is 6.24. The van der Waals surface area contributed by atoms with Gasteiger partial charge in [0.25, 0.3) is 0 Å². The van der Waals surface area contributed by atoms with Gasteiger partial charge in [0.2, 0.25) is 5.91 Å². The van der Waals surface area contributed by atoms with Crippen LogP contribution >= 0.6 is 27.7 Å². The fraction of sp³-hybridized carbons (Fsp3) is 0.500. The molecule has 1 aliphatic heterocycles. The molecular weight excluding hydrogens is 310 g/mol. The van der Waals surface area contributed by atoms with Crippen LogP contribution in [-0.2, 0) is 4.79 Å². The first-order chi connectivity index (χ1) is 8.58. The van der Waals surface area contributed by atoms with E-state index in [-0.39, 0.29) is 17.9 Å². The first-order valence-corrected chi connectivity index (χ1v) is 8.14. The Hall–Kier alpha value is -0.480. The molecule has 3 atom stereocenters. The van der Waals surface area contributed by atoms with Gasteiger partial charge < -0.3 is 5.32 Å². The van der Waals surface area contributed by atoms with E-state index in [9.17, 15) is 4.79 Å². The zero-order valence-electron chi connectivity index (χ0n) is 10.7. The lowest BCUT2D eigenvalue weighted by molar-refractivity contribution is -0.122. The number of alkyl halides is 1. The van der Waals surface area contributed by atoms with E-state index in [1.165, 1.54) is 10.5 Å². The van der Waals surface area contributed by atoms with Crippen molar-refractivity contribution in [3.8, 4) is 0 Å². The Morgan fingerprint density at radius 3 is 2.94 bits per heavy atom. The van der Waals surface area contributed by atoms with E-state index in [4.69, 9.17) is 0 Å². The summed E-state index contributed by atoms with van der Waals surface area (Å²) in [6.45, 7) is 4.16. The third-order valence-corrected chi connectivity index (χ3v) is 4.64. The molecule has 0 aliphatic carbocycles. The highest BCUT2D eigenvalue weighted by Crippen LogP contribution is 2.39. The molecule has 0 saturated carbocycles. The van der Waals surface area contributed by atoms with E-state index in [2.05, 4.69) is 47.2 Å². The molecule has 18 heavy (non-hydrogen) atoms. The molecule has 0 aromatic heterocycles. The largest absolute Gasteiger partial charge is 0.353 e. The Bertz CT molecular complexity index is 436. The first kappa shape index (κ1) is 13.9. The fourth-order valence-corrected chi connectivity index (χ4v) is 4.06. The van der Waals surface area contributed by atoms with Crippen molar-refractivity contribution in [2.24, 2.45) is 0 Å². The molecule has 98 valence electrons. The minimum atomic E-state index is 0.0132. The van der Waals surface area contributed by atoms with Gasteiger partial charge in [-0.1, -0.05) is 41.1 Å². The highest BCUT2D eigenvalue weighted by Gasteiger charge is 2.29. The van der Waals surface area contributed by atoms with Gasteiger partial charge in [-0.2, -0.15) is 0 Å². The van der Waals surface area contributed by atoms with E-state index in [0.29, 0.717) is 4.83 Å². The van der Waals surface area contributed by atoms with Gasteiger partial charge in [-0.25, -0.2) is 0 Å². The molecule has 1 heterocycles. The zero-order valence-corrected chi connectivity index (χ0v) is 13.1. The van der Waals surface area contributed by atoms with Crippen LogP contribution in [0.2, 0.25) is 0 Å². The number of amides is 1. The number of carbonyl (C=O) groups excluding carboxylic acids is 1. The Morgan fingerprint density at radius 2 is 2.22 bits per heavy atom. The van der Waals surface area contributed by atoms with Crippen LogP contribution in [0.4, 0.5) is 0 Å². The normalized spacial score (nSPS) is 21.2. The van der Waals surface area contributed by atoms with Gasteiger partial charge in [0, 0.05) is 21.5 Å². The van der Waals surface area contributed by atoms with Crippen LogP contribution in [0.3, 0.4) is 0 Å². The number of fused-ring (bicyclic) bond motifs is 1. The van der Waals surface area contributed by atoms with Gasteiger partial charge >= 0.3 is 0 Å². The lowest BCUT2D eigenvalue weighted by Gasteiger charge is -2.18. The van der Waals surface area contributed by atoms with Crippen molar-refractivity contribution in [2.75, 3.05) is 5.75 Å². The molecular formula is C14H18BrNOS. The molecule has 0 saturated heterocycles. The average Bonchev–Trinajstić information content (AvgIpc) is 2.71. The number of halogens is 1. The summed E-state index contributed by atoms with van der Waals surface area (Å²) in [5, 5.41) is 3.11. The minimum Gasteiger partial charge on any atom is -0.353 e. The number of hydrogen-bond acceptors (Lipinski definition) is 2. The van der Waals surface area contributed by atoms with E-state index in [0.717, 1.165) is 12.2 Å². The van der Waals surface area contributed by atoms with Crippen LogP contribution in [0.25, 0.3) is 0 Å². The maximum absolute atomic E-state index is 12.3. The van der Waals surface area contributed by atoms with Crippen LogP contribution in [0, 0.1) is 0 Å². The summed E-state index contributed by atoms with van der Waals surface area (Å²) < 4.78 is 0. The minimum absolute atomic E-state index is 0.0132. The van der Waals surface area contributed by atoms with Gasteiger partial charge in [0.05, 0.1) is 5.92 Å². The van der Waals surface area contributed by atoms with E-state index >= 15 is 0 Å². The van der Waals surface area contributed by atoms with Gasteiger partial charge in [-0.15, -0.1) is 11.8 Å². The lowest BCUT2D eigenvalue weighted by atomic mass is 10.00. The zero-order chi connectivity index (χ0) is 13.1. The Balaban J connectivity index is 1.99. The van der Waals surface area contributed by atoms with Crippen molar-refractivity contribution >= 4 is 33.6 Å². The second-order valence-electron chi connectivity index (χ2n) is 4.83. The number of thioether (sulfide) groups is 1. The van der Waals surface area contributed by atoms with Crippen LogP contribution in [0.1, 0.15) is 31.7 Å². The molecule has 0 radical (unpaired) electrons. The summed E-state index contributed by atoms with van der Waals surface area (Å²) in [5.74, 6) is 1.04.